The van der Waals surface area contributed by atoms with Gasteiger partial charge in [0, 0.05) is 99.1 Å². The number of nitrogen functional groups attached to an aromatic ring is 1. The van der Waals surface area contributed by atoms with E-state index < -0.39 is 36.5 Å². The van der Waals surface area contributed by atoms with Gasteiger partial charge in [-0.05, 0) is 130 Å². The molecule has 66 heavy (non-hydrogen) atoms. The molecule has 3 amide bonds. The lowest BCUT2D eigenvalue weighted by molar-refractivity contribution is -0.186. The Morgan fingerprint density at radius 3 is 2.35 bits per heavy atom. The summed E-state index contributed by atoms with van der Waals surface area (Å²) >= 11 is 0. The summed E-state index contributed by atoms with van der Waals surface area (Å²) < 4.78 is 61.2. The normalized spacial score (nSPS) is 21.3. The van der Waals surface area contributed by atoms with E-state index in [2.05, 4.69) is 57.3 Å². The number of anilines is 3. The second-order valence-electron chi connectivity index (χ2n) is 18.4. The molecule has 0 saturated carbocycles. The van der Waals surface area contributed by atoms with Crippen LogP contribution >= 0.6 is 0 Å². The van der Waals surface area contributed by atoms with Crippen molar-refractivity contribution in [1.29, 1.82) is 0 Å². The number of fused-ring (bicyclic) bond motifs is 1. The molecule has 17 heteroatoms. The molecule has 7 heterocycles. The predicted octanol–water partition coefficient (Wildman–Crippen LogP) is 7.12. The van der Waals surface area contributed by atoms with E-state index in [4.69, 9.17) is 10.7 Å². The van der Waals surface area contributed by atoms with Gasteiger partial charge in [0.25, 0.3) is 5.91 Å². The standard InChI is InChI=1S/C49H56F4N10O3/c1-30(42-26-38-37(13-18-55-46(38)59(42)2)35-7-11-44(54)56-27-35)60-21-16-33(17-22-60)32-3-5-34(6-4-32)48(66)61-19-14-31(15-20-61)28-63-24-23-62(29-43(63)49(51,52)53)41-10-8-36(25-39(41)50)57-40-9-12-45(64)58-47(40)65/h3-8,10-11,13,18,25-27,30-31,33,40,43,57H,9,12,14-17,19-24,28-29H2,1-2H3,(H2,54,56)(H,58,64,65)/t30-,40?,43?/m0/s1. The van der Waals surface area contributed by atoms with Gasteiger partial charge in [0.1, 0.15) is 29.4 Å². The Kier molecular flexibility index (Phi) is 12.8. The first-order valence-electron chi connectivity index (χ1n) is 22.9. The molecule has 13 nitrogen and oxygen atoms in total. The average Bonchev–Trinajstić information content (AvgIpc) is 3.66. The van der Waals surface area contributed by atoms with Crippen LogP contribution in [0.15, 0.2) is 79.1 Å². The molecule has 0 spiro atoms. The molecule has 4 aliphatic heterocycles. The van der Waals surface area contributed by atoms with Crippen molar-refractivity contribution in [3.8, 4) is 11.1 Å². The highest BCUT2D eigenvalue weighted by Gasteiger charge is 2.47. The number of likely N-dealkylation sites (tertiary alicyclic amines) is 2. The van der Waals surface area contributed by atoms with Crippen LogP contribution in [0.3, 0.4) is 0 Å². The summed E-state index contributed by atoms with van der Waals surface area (Å²) in [5.74, 6) is -0.785. The minimum Gasteiger partial charge on any atom is -0.384 e. The number of piperidine rings is 3. The number of aromatic nitrogens is 3. The lowest BCUT2D eigenvalue weighted by Gasteiger charge is -2.45. The van der Waals surface area contributed by atoms with Crippen molar-refractivity contribution in [2.24, 2.45) is 13.0 Å². The van der Waals surface area contributed by atoms with Gasteiger partial charge in [-0.15, -0.1) is 0 Å². The van der Waals surface area contributed by atoms with Crippen molar-refractivity contribution < 1.29 is 31.9 Å². The molecule has 4 N–H and O–H groups in total. The third-order valence-corrected chi connectivity index (χ3v) is 14.3. The van der Waals surface area contributed by atoms with Crippen molar-refractivity contribution in [1.82, 2.24) is 34.6 Å². The second kappa shape index (κ2) is 18.7. The van der Waals surface area contributed by atoms with Crippen molar-refractivity contribution in [3.05, 3.63) is 102 Å². The fraction of sp³-hybridized carbons (Fsp3) is 0.449. The summed E-state index contributed by atoms with van der Waals surface area (Å²) in [6.45, 7) is 5.20. The van der Waals surface area contributed by atoms with Gasteiger partial charge in [-0.3, -0.25) is 29.5 Å². The van der Waals surface area contributed by atoms with Crippen LogP contribution in [0.2, 0.25) is 0 Å². The fourth-order valence-corrected chi connectivity index (χ4v) is 10.4. The minimum atomic E-state index is -4.53. The Labute approximate surface area is 381 Å². The van der Waals surface area contributed by atoms with Crippen LogP contribution in [0.1, 0.15) is 79.0 Å². The number of piperazine rings is 1. The van der Waals surface area contributed by atoms with Gasteiger partial charge in [0.15, 0.2) is 0 Å². The number of carbonyl (C=O) groups excluding carboxylic acids is 3. The molecule has 9 rings (SSSR count). The maximum Gasteiger partial charge on any atom is 0.405 e. The van der Waals surface area contributed by atoms with Crippen molar-refractivity contribution in [2.75, 3.05) is 68.3 Å². The molecule has 4 aliphatic rings. The number of hydrogen-bond acceptors (Lipinski definition) is 10. The highest BCUT2D eigenvalue weighted by molar-refractivity contribution is 6.01. The number of halogens is 4. The van der Waals surface area contributed by atoms with Gasteiger partial charge in [-0.25, -0.2) is 14.4 Å². The second-order valence-corrected chi connectivity index (χ2v) is 18.4. The molecule has 3 atom stereocenters. The first-order valence-corrected chi connectivity index (χ1v) is 22.9. The number of rotatable bonds is 10. The summed E-state index contributed by atoms with van der Waals surface area (Å²) in [4.78, 5) is 53.5. The number of amides is 3. The number of nitrogens with two attached hydrogens (primary N) is 1. The summed E-state index contributed by atoms with van der Waals surface area (Å²) in [7, 11) is 2.07. The monoisotopic (exact) mass is 908 g/mol. The Morgan fingerprint density at radius 1 is 0.909 bits per heavy atom. The number of pyridine rings is 2. The van der Waals surface area contributed by atoms with Gasteiger partial charge < -0.3 is 25.4 Å². The predicted molar refractivity (Wildman–Crippen MR) is 245 cm³/mol. The molecule has 4 saturated heterocycles. The molecule has 0 aliphatic carbocycles. The van der Waals surface area contributed by atoms with Crippen LogP contribution in [0.5, 0.6) is 0 Å². The van der Waals surface area contributed by atoms with E-state index in [1.165, 1.54) is 39.3 Å². The molecule has 5 aromatic rings. The summed E-state index contributed by atoms with van der Waals surface area (Å²) in [6, 6.07) is 17.9. The third-order valence-electron chi connectivity index (χ3n) is 14.3. The molecule has 0 radical (unpaired) electrons. The average molecular weight is 909 g/mol. The largest absolute Gasteiger partial charge is 0.405 e. The molecule has 2 aromatic carbocycles. The lowest BCUT2D eigenvalue weighted by atomic mass is 9.88. The zero-order chi connectivity index (χ0) is 46.3. The number of alkyl halides is 3. The number of benzene rings is 2. The van der Waals surface area contributed by atoms with Gasteiger partial charge in [-0.1, -0.05) is 12.1 Å². The van der Waals surface area contributed by atoms with E-state index in [0.29, 0.717) is 48.9 Å². The van der Waals surface area contributed by atoms with E-state index in [1.54, 1.807) is 6.20 Å². The topological polar surface area (TPSA) is 145 Å². The molecule has 0 bridgehead atoms. The quantitative estimate of drug-likeness (QED) is 0.0979. The zero-order valence-corrected chi connectivity index (χ0v) is 37.2. The van der Waals surface area contributed by atoms with Gasteiger partial charge in [0.05, 0.1) is 5.69 Å². The smallest absolute Gasteiger partial charge is 0.384 e. The molecular formula is C49H56F4N10O3. The Morgan fingerprint density at radius 2 is 1.67 bits per heavy atom. The number of aryl methyl sites for hydroxylation is 1. The number of nitrogens with zero attached hydrogens (tertiary/aromatic N) is 7. The highest BCUT2D eigenvalue weighted by atomic mass is 19.4. The van der Waals surface area contributed by atoms with Crippen molar-refractivity contribution >= 4 is 45.9 Å². The van der Waals surface area contributed by atoms with E-state index in [0.717, 1.165) is 48.1 Å². The molecule has 2 unspecified atom stereocenters. The van der Waals surface area contributed by atoms with Gasteiger partial charge >= 0.3 is 6.18 Å². The van der Waals surface area contributed by atoms with Crippen LogP contribution in [0.25, 0.3) is 22.2 Å². The maximum absolute atomic E-state index is 15.4. The van der Waals surface area contributed by atoms with E-state index in [1.807, 2.05) is 41.4 Å². The van der Waals surface area contributed by atoms with Crippen molar-refractivity contribution in [2.45, 2.75) is 75.7 Å². The van der Waals surface area contributed by atoms with Crippen LogP contribution in [0, 0.1) is 11.7 Å². The molecule has 3 aromatic heterocycles. The highest BCUT2D eigenvalue weighted by Crippen LogP contribution is 2.37. The van der Waals surface area contributed by atoms with Crippen LogP contribution in [0.4, 0.5) is 34.8 Å². The van der Waals surface area contributed by atoms with Crippen molar-refractivity contribution in [3.63, 3.8) is 0 Å². The maximum atomic E-state index is 15.4. The molecule has 348 valence electrons. The van der Waals surface area contributed by atoms with E-state index in [-0.39, 0.29) is 61.9 Å². The lowest BCUT2D eigenvalue weighted by Crippen LogP contribution is -2.60. The summed E-state index contributed by atoms with van der Waals surface area (Å²) in [5.41, 5.74) is 12.2. The minimum absolute atomic E-state index is 0.0160. The van der Waals surface area contributed by atoms with Crippen LogP contribution in [-0.4, -0.2) is 118 Å². The third kappa shape index (κ3) is 9.45. The first-order chi connectivity index (χ1) is 31.7. The number of nitrogens with one attached hydrogen (secondary N) is 2. The number of hydrogen-bond donors (Lipinski definition) is 3. The summed E-state index contributed by atoms with van der Waals surface area (Å²) in [5, 5.41) is 6.24. The molecular weight excluding hydrogens is 853 g/mol. The number of carbonyl (C=O) groups is 3. The molecule has 4 fully saturated rings. The van der Waals surface area contributed by atoms with E-state index >= 15 is 4.39 Å². The fourth-order valence-electron chi connectivity index (χ4n) is 10.4. The number of imide groups is 1. The van der Waals surface area contributed by atoms with Gasteiger partial charge in [-0.2, -0.15) is 13.2 Å². The Balaban J connectivity index is 0.751. The Hall–Kier alpha value is -6.07. The van der Waals surface area contributed by atoms with E-state index in [9.17, 15) is 27.6 Å². The SMILES string of the molecule is C[C@@H](c1cc2c(-c3ccc(N)nc3)ccnc2n1C)N1CCC(c2ccc(C(=O)N3CCC(CN4CCN(c5ccc(NC6CCC(=O)NC6=O)cc5F)CC4C(F)(F)F)CC3)cc2)CC1. The van der Waals surface area contributed by atoms with Gasteiger partial charge in [0.2, 0.25) is 11.8 Å². The zero-order valence-electron chi connectivity index (χ0n) is 37.2. The van der Waals surface area contributed by atoms with Crippen LogP contribution < -0.4 is 21.3 Å². The summed E-state index contributed by atoms with van der Waals surface area (Å²) in [6.07, 6.45) is 2.70. The Bertz CT molecular complexity index is 2570. The van der Waals surface area contributed by atoms with Crippen LogP contribution in [-0.2, 0) is 16.6 Å². The first kappa shape index (κ1) is 45.1.